The Morgan fingerprint density at radius 1 is 1.38 bits per heavy atom. The van der Waals surface area contributed by atoms with Gasteiger partial charge in [-0.25, -0.2) is 8.42 Å². The van der Waals surface area contributed by atoms with Crippen LogP contribution in [-0.4, -0.2) is 57.0 Å². The molecule has 2 aliphatic rings. The second-order valence-electron chi connectivity index (χ2n) is 5.34. The molecule has 1 aliphatic heterocycles. The van der Waals surface area contributed by atoms with Crippen LogP contribution in [0.25, 0.3) is 0 Å². The van der Waals surface area contributed by atoms with E-state index in [0.717, 1.165) is 19.0 Å². The van der Waals surface area contributed by atoms with Crippen molar-refractivity contribution in [1.29, 1.82) is 0 Å². The summed E-state index contributed by atoms with van der Waals surface area (Å²) in [7, 11) is -2.83. The molecular formula is C11H22N2O2S. The van der Waals surface area contributed by atoms with Gasteiger partial charge in [-0.2, -0.15) is 0 Å². The molecule has 0 radical (unpaired) electrons. The second-order valence-corrected chi connectivity index (χ2v) is 7.60. The van der Waals surface area contributed by atoms with Gasteiger partial charge in [0.05, 0.1) is 5.75 Å². The topological polar surface area (TPSA) is 49.4 Å². The van der Waals surface area contributed by atoms with E-state index in [0.29, 0.717) is 24.4 Å². The van der Waals surface area contributed by atoms with Crippen molar-refractivity contribution in [1.82, 2.24) is 10.2 Å². The minimum Gasteiger partial charge on any atom is -0.311 e. The molecule has 2 rings (SSSR count). The van der Waals surface area contributed by atoms with Crippen LogP contribution in [0.1, 0.15) is 19.8 Å². The summed E-state index contributed by atoms with van der Waals surface area (Å²) >= 11 is 0. The smallest absolute Gasteiger partial charge is 0.148 e. The minimum atomic E-state index is -2.83. The van der Waals surface area contributed by atoms with E-state index in [1.807, 2.05) is 0 Å². The first-order valence-electron chi connectivity index (χ1n) is 6.11. The number of piperazine rings is 1. The van der Waals surface area contributed by atoms with E-state index in [2.05, 4.69) is 17.1 Å². The maximum atomic E-state index is 11.2. The number of hydrogen-bond acceptors (Lipinski definition) is 4. The van der Waals surface area contributed by atoms with Crippen LogP contribution in [0.4, 0.5) is 0 Å². The fraction of sp³-hybridized carbons (Fsp3) is 1.00. The first kappa shape index (κ1) is 12.3. The highest BCUT2D eigenvalue weighted by Gasteiger charge is 2.37. The van der Waals surface area contributed by atoms with Crippen molar-refractivity contribution in [2.45, 2.75) is 31.8 Å². The molecule has 1 heterocycles. The van der Waals surface area contributed by atoms with E-state index in [1.54, 1.807) is 0 Å². The highest BCUT2D eigenvalue weighted by atomic mass is 32.2. The van der Waals surface area contributed by atoms with Gasteiger partial charge in [0.2, 0.25) is 0 Å². The average molecular weight is 246 g/mol. The Kier molecular flexibility index (Phi) is 3.56. The molecule has 0 aromatic heterocycles. The first-order valence-corrected chi connectivity index (χ1v) is 8.17. The zero-order valence-corrected chi connectivity index (χ0v) is 11.0. The van der Waals surface area contributed by atoms with Crippen LogP contribution >= 0.6 is 0 Å². The van der Waals surface area contributed by atoms with Crippen LogP contribution in [0.3, 0.4) is 0 Å². The van der Waals surface area contributed by atoms with Gasteiger partial charge in [-0.3, -0.25) is 4.90 Å². The molecule has 16 heavy (non-hydrogen) atoms. The Bertz CT molecular complexity index is 338. The van der Waals surface area contributed by atoms with Gasteiger partial charge < -0.3 is 5.32 Å². The summed E-state index contributed by atoms with van der Waals surface area (Å²) < 4.78 is 22.4. The fourth-order valence-corrected chi connectivity index (χ4v) is 3.05. The largest absolute Gasteiger partial charge is 0.311 e. The molecule has 1 saturated carbocycles. The molecule has 2 atom stereocenters. The fourth-order valence-electron chi connectivity index (χ4n) is 2.49. The lowest BCUT2D eigenvalue weighted by molar-refractivity contribution is 0.127. The summed E-state index contributed by atoms with van der Waals surface area (Å²) in [6.07, 6.45) is 3.96. The van der Waals surface area contributed by atoms with E-state index < -0.39 is 9.84 Å². The van der Waals surface area contributed by atoms with Crippen LogP contribution < -0.4 is 5.32 Å². The van der Waals surface area contributed by atoms with Gasteiger partial charge in [0.25, 0.3) is 0 Å². The summed E-state index contributed by atoms with van der Waals surface area (Å²) in [5.41, 5.74) is 0. The van der Waals surface area contributed by atoms with E-state index >= 15 is 0 Å². The monoisotopic (exact) mass is 246 g/mol. The van der Waals surface area contributed by atoms with E-state index in [4.69, 9.17) is 0 Å². The molecule has 0 amide bonds. The molecule has 1 saturated heterocycles. The summed E-state index contributed by atoms with van der Waals surface area (Å²) in [6.45, 7) is 4.87. The number of sulfone groups is 1. The highest BCUT2D eigenvalue weighted by molar-refractivity contribution is 7.90. The van der Waals surface area contributed by atoms with Gasteiger partial charge >= 0.3 is 0 Å². The van der Waals surface area contributed by atoms with Crippen molar-refractivity contribution in [3.63, 3.8) is 0 Å². The molecule has 0 aromatic rings. The predicted octanol–water partition coefficient (Wildman–Crippen LogP) is 0.103. The van der Waals surface area contributed by atoms with Crippen LogP contribution in [0.2, 0.25) is 0 Å². The third-order valence-corrected chi connectivity index (χ3v) is 4.49. The summed E-state index contributed by atoms with van der Waals surface area (Å²) in [4.78, 5) is 2.37. The normalized spacial score (nSPS) is 32.9. The number of rotatable bonds is 4. The number of nitrogens with one attached hydrogen (secondary N) is 1. The van der Waals surface area contributed by atoms with Gasteiger partial charge in [0.15, 0.2) is 0 Å². The lowest BCUT2D eigenvalue weighted by Crippen LogP contribution is -2.57. The molecule has 2 fully saturated rings. The van der Waals surface area contributed by atoms with Crippen LogP contribution in [0.15, 0.2) is 0 Å². The maximum Gasteiger partial charge on any atom is 0.148 e. The van der Waals surface area contributed by atoms with E-state index in [9.17, 15) is 8.42 Å². The van der Waals surface area contributed by atoms with E-state index in [-0.39, 0.29) is 0 Å². The number of nitrogens with zero attached hydrogens (tertiary/aromatic N) is 1. The van der Waals surface area contributed by atoms with Crippen molar-refractivity contribution >= 4 is 9.84 Å². The molecule has 0 bridgehead atoms. The Morgan fingerprint density at radius 3 is 2.62 bits per heavy atom. The summed E-state index contributed by atoms with van der Waals surface area (Å²) in [5.74, 6) is 1.10. The molecule has 4 nitrogen and oxygen atoms in total. The standard InChI is InChI=1S/C11H22N2O2S/c1-9-8-13(5-6-16(2,14)15)11(7-12-9)10-3-4-10/h9-12H,3-8H2,1-2H3. The summed E-state index contributed by atoms with van der Waals surface area (Å²) in [5, 5.41) is 3.49. The molecule has 0 aromatic carbocycles. The van der Waals surface area contributed by atoms with Gasteiger partial charge in [0, 0.05) is 38.0 Å². The minimum absolute atomic E-state index is 0.295. The van der Waals surface area contributed by atoms with Crippen molar-refractivity contribution < 1.29 is 8.42 Å². The molecule has 1 aliphatic carbocycles. The van der Waals surface area contributed by atoms with Crippen LogP contribution in [-0.2, 0) is 9.84 Å². The number of hydrogen-bond donors (Lipinski definition) is 1. The Balaban J connectivity index is 1.92. The van der Waals surface area contributed by atoms with E-state index in [1.165, 1.54) is 19.1 Å². The molecule has 2 unspecified atom stereocenters. The first-order chi connectivity index (χ1) is 7.46. The van der Waals surface area contributed by atoms with Crippen molar-refractivity contribution in [3.8, 4) is 0 Å². The Morgan fingerprint density at radius 2 is 2.06 bits per heavy atom. The third-order valence-electron chi connectivity index (χ3n) is 3.57. The van der Waals surface area contributed by atoms with Gasteiger partial charge in [0.1, 0.15) is 9.84 Å². The molecular weight excluding hydrogens is 224 g/mol. The quantitative estimate of drug-likeness (QED) is 0.764. The zero-order valence-electron chi connectivity index (χ0n) is 10.1. The highest BCUT2D eigenvalue weighted by Crippen LogP contribution is 2.36. The van der Waals surface area contributed by atoms with Crippen molar-refractivity contribution in [3.05, 3.63) is 0 Å². The van der Waals surface area contributed by atoms with Crippen molar-refractivity contribution in [2.75, 3.05) is 31.6 Å². The SMILES string of the molecule is CC1CN(CCS(C)(=O)=O)C(C2CC2)CN1. The molecule has 94 valence electrons. The molecule has 1 N–H and O–H groups in total. The molecule has 0 spiro atoms. The lowest BCUT2D eigenvalue weighted by atomic mass is 10.1. The predicted molar refractivity (Wildman–Crippen MR) is 65.3 cm³/mol. The second kappa shape index (κ2) is 4.63. The van der Waals surface area contributed by atoms with Crippen LogP contribution in [0, 0.1) is 5.92 Å². The lowest BCUT2D eigenvalue weighted by Gasteiger charge is -2.39. The van der Waals surface area contributed by atoms with Crippen molar-refractivity contribution in [2.24, 2.45) is 5.92 Å². The third kappa shape index (κ3) is 3.43. The zero-order chi connectivity index (χ0) is 11.8. The average Bonchev–Trinajstić information content (AvgIpc) is 2.97. The van der Waals surface area contributed by atoms with Crippen LogP contribution in [0.5, 0.6) is 0 Å². The summed E-state index contributed by atoms with van der Waals surface area (Å²) in [6, 6.07) is 1.05. The Labute approximate surface area is 98.3 Å². The van der Waals surface area contributed by atoms with Gasteiger partial charge in [-0.05, 0) is 25.7 Å². The Hall–Kier alpha value is -0.130. The van der Waals surface area contributed by atoms with Gasteiger partial charge in [-0.1, -0.05) is 0 Å². The van der Waals surface area contributed by atoms with Gasteiger partial charge in [-0.15, -0.1) is 0 Å². The maximum absolute atomic E-state index is 11.2. The molecule has 5 heteroatoms.